The molecule has 4 heterocycles. The Balaban J connectivity index is 1.60. The summed E-state index contributed by atoms with van der Waals surface area (Å²) < 4.78 is 2.15. The zero-order valence-corrected chi connectivity index (χ0v) is 20.2. The van der Waals surface area contributed by atoms with Crippen LogP contribution < -0.4 is 5.32 Å². The van der Waals surface area contributed by atoms with Crippen LogP contribution in [0.15, 0.2) is 79.3 Å². The highest BCUT2D eigenvalue weighted by Gasteiger charge is 2.41. The van der Waals surface area contributed by atoms with Crippen molar-refractivity contribution >= 4 is 23.3 Å². The molecule has 0 aliphatic carbocycles. The summed E-state index contributed by atoms with van der Waals surface area (Å²) in [5.41, 5.74) is 6.43. The van der Waals surface area contributed by atoms with Crippen LogP contribution in [0.3, 0.4) is 0 Å². The van der Waals surface area contributed by atoms with Gasteiger partial charge in [0, 0.05) is 42.2 Å². The highest BCUT2D eigenvalue weighted by Crippen LogP contribution is 2.42. The smallest absolute Gasteiger partial charge is 0.335 e. The van der Waals surface area contributed by atoms with E-state index in [0.29, 0.717) is 11.7 Å². The van der Waals surface area contributed by atoms with Gasteiger partial charge in [-0.3, -0.25) is 9.97 Å². The molecule has 176 valence electrons. The number of nitrogens with one attached hydrogen (secondary N) is 1. The molecule has 0 unspecified atom stereocenters. The topological polar surface area (TPSA) is 83.3 Å². The second-order valence-corrected chi connectivity index (χ2v) is 9.02. The largest absolute Gasteiger partial charge is 0.478 e. The number of hydrogen-bond acceptors (Lipinski definition) is 4. The third kappa shape index (κ3) is 4.28. The maximum absolute atomic E-state index is 11.3. The number of pyridine rings is 2. The van der Waals surface area contributed by atoms with Gasteiger partial charge in [-0.1, -0.05) is 12.1 Å². The first kappa shape index (κ1) is 22.7. The van der Waals surface area contributed by atoms with Crippen LogP contribution in [0.25, 0.3) is 5.69 Å². The summed E-state index contributed by atoms with van der Waals surface area (Å²) in [7, 11) is 0. The summed E-state index contributed by atoms with van der Waals surface area (Å²) in [6, 6.07) is 18.8. The van der Waals surface area contributed by atoms with E-state index in [4.69, 9.17) is 12.2 Å². The minimum absolute atomic E-state index is 0.0872. The van der Waals surface area contributed by atoms with Crippen molar-refractivity contribution in [2.24, 2.45) is 0 Å². The lowest BCUT2D eigenvalue weighted by Crippen LogP contribution is -2.29. The average Bonchev–Trinajstić information content (AvgIpc) is 3.35. The van der Waals surface area contributed by atoms with Crippen LogP contribution >= 0.6 is 12.2 Å². The van der Waals surface area contributed by atoms with Gasteiger partial charge < -0.3 is 19.9 Å². The predicted molar refractivity (Wildman–Crippen MR) is 137 cm³/mol. The summed E-state index contributed by atoms with van der Waals surface area (Å²) in [5, 5.41) is 13.4. The van der Waals surface area contributed by atoms with Crippen molar-refractivity contribution in [3.63, 3.8) is 0 Å². The molecule has 1 saturated heterocycles. The Labute approximate surface area is 209 Å². The van der Waals surface area contributed by atoms with Crippen LogP contribution in [-0.4, -0.2) is 35.6 Å². The van der Waals surface area contributed by atoms with Gasteiger partial charge in [0.15, 0.2) is 5.11 Å². The van der Waals surface area contributed by atoms with Crippen LogP contribution in [0.4, 0.5) is 0 Å². The quantitative estimate of drug-likeness (QED) is 0.383. The van der Waals surface area contributed by atoms with Gasteiger partial charge >= 0.3 is 5.97 Å². The average molecular weight is 484 g/mol. The van der Waals surface area contributed by atoms with E-state index < -0.39 is 5.97 Å². The Morgan fingerprint density at radius 1 is 1.09 bits per heavy atom. The lowest BCUT2D eigenvalue weighted by molar-refractivity contribution is 0.0697. The molecule has 2 atom stereocenters. The van der Waals surface area contributed by atoms with Crippen LogP contribution in [0.5, 0.6) is 0 Å². The van der Waals surface area contributed by atoms with E-state index in [1.165, 1.54) is 0 Å². The number of hydrogen-bond donors (Lipinski definition) is 2. The molecule has 0 saturated carbocycles. The third-order valence-electron chi connectivity index (χ3n) is 6.43. The maximum atomic E-state index is 11.3. The Morgan fingerprint density at radius 3 is 2.54 bits per heavy atom. The summed E-state index contributed by atoms with van der Waals surface area (Å²) in [5.74, 6) is -0.937. The minimum atomic E-state index is -0.937. The molecular formula is C27H25N5O2S. The number of thiocarbonyl (C=S) groups is 1. The van der Waals surface area contributed by atoms with Crippen LogP contribution in [0, 0.1) is 13.8 Å². The molecule has 3 aromatic heterocycles. The molecule has 1 fully saturated rings. The molecule has 1 aliphatic heterocycles. The molecule has 8 heteroatoms. The maximum Gasteiger partial charge on any atom is 0.335 e. The Kier molecular flexibility index (Phi) is 6.05. The summed E-state index contributed by atoms with van der Waals surface area (Å²) in [4.78, 5) is 22.4. The Bertz CT molecular complexity index is 1370. The number of carboxylic acids is 1. The molecule has 7 nitrogen and oxygen atoms in total. The molecule has 0 spiro atoms. The molecule has 35 heavy (non-hydrogen) atoms. The van der Waals surface area contributed by atoms with Gasteiger partial charge in [-0.2, -0.15) is 0 Å². The Hall–Kier alpha value is -4.04. The van der Waals surface area contributed by atoms with E-state index in [-0.39, 0.29) is 17.6 Å². The van der Waals surface area contributed by atoms with E-state index in [0.717, 1.165) is 33.9 Å². The second kappa shape index (κ2) is 9.31. The summed E-state index contributed by atoms with van der Waals surface area (Å²) in [6.07, 6.45) is 5.43. The first-order valence-electron chi connectivity index (χ1n) is 11.3. The molecule has 0 bridgehead atoms. The van der Waals surface area contributed by atoms with Gasteiger partial charge in [0.05, 0.1) is 23.3 Å². The number of aromatic nitrogens is 3. The molecule has 1 aromatic carbocycles. The van der Waals surface area contributed by atoms with Gasteiger partial charge in [0.2, 0.25) is 0 Å². The molecule has 4 aromatic rings. The van der Waals surface area contributed by atoms with Gasteiger partial charge in [0.25, 0.3) is 0 Å². The van der Waals surface area contributed by atoms with Crippen molar-refractivity contribution in [3.8, 4) is 5.69 Å². The number of nitrogens with zero attached hydrogens (tertiary/aromatic N) is 4. The fraction of sp³-hybridized carbons (Fsp3) is 0.185. The van der Waals surface area contributed by atoms with Gasteiger partial charge in [-0.05, 0) is 85.7 Å². The summed E-state index contributed by atoms with van der Waals surface area (Å²) in [6.45, 7) is 4.76. The van der Waals surface area contributed by atoms with Gasteiger partial charge in [-0.25, -0.2) is 4.79 Å². The molecule has 1 aliphatic rings. The van der Waals surface area contributed by atoms with Crippen LogP contribution in [0.1, 0.15) is 50.7 Å². The molecule has 2 N–H and O–H groups in total. The number of rotatable bonds is 6. The number of benzene rings is 1. The Morgan fingerprint density at radius 2 is 1.89 bits per heavy atom. The molecule has 5 rings (SSSR count). The van der Waals surface area contributed by atoms with Crippen LogP contribution in [-0.2, 0) is 6.54 Å². The van der Waals surface area contributed by atoms with E-state index in [1.807, 2.05) is 48.7 Å². The van der Waals surface area contributed by atoms with Crippen molar-refractivity contribution in [1.29, 1.82) is 0 Å². The first-order valence-corrected chi connectivity index (χ1v) is 11.7. The van der Waals surface area contributed by atoms with Crippen molar-refractivity contribution in [1.82, 2.24) is 24.8 Å². The third-order valence-corrected chi connectivity index (χ3v) is 6.79. The zero-order chi connectivity index (χ0) is 24.5. The fourth-order valence-electron chi connectivity index (χ4n) is 4.84. The van der Waals surface area contributed by atoms with E-state index in [9.17, 15) is 9.90 Å². The van der Waals surface area contributed by atoms with Crippen molar-refractivity contribution in [2.45, 2.75) is 32.5 Å². The SMILES string of the molecule is Cc1cc([C@@H]2[C@H](c3ccccn3)NC(=S)N2Cc2cccnc2)c(C)n1-c1ccc(C(=O)O)cc1. The van der Waals surface area contributed by atoms with Crippen LogP contribution in [0.2, 0.25) is 0 Å². The standard InChI is InChI=1S/C27H25N5O2S/c1-17-14-22(18(2)32(17)21-10-8-20(9-11-21)26(33)34)25-24(23-7-3-4-13-29-23)30-27(35)31(25)16-19-6-5-12-28-15-19/h3-15,24-25H,16H2,1-2H3,(H,30,35)(H,33,34)/t24-,25+/m0/s1. The highest BCUT2D eigenvalue weighted by molar-refractivity contribution is 7.80. The number of aryl methyl sites for hydroxylation is 1. The first-order chi connectivity index (χ1) is 16.9. The number of carbonyl (C=O) groups is 1. The lowest BCUT2D eigenvalue weighted by Gasteiger charge is -2.28. The summed E-state index contributed by atoms with van der Waals surface area (Å²) >= 11 is 5.81. The van der Waals surface area contributed by atoms with Gasteiger partial charge in [-0.15, -0.1) is 0 Å². The van der Waals surface area contributed by atoms with Crippen molar-refractivity contribution in [2.75, 3.05) is 0 Å². The predicted octanol–water partition coefficient (Wildman–Crippen LogP) is 4.76. The van der Waals surface area contributed by atoms with E-state index in [2.05, 4.69) is 44.7 Å². The monoisotopic (exact) mass is 483 g/mol. The van der Waals surface area contributed by atoms with E-state index >= 15 is 0 Å². The molecule has 0 radical (unpaired) electrons. The number of aromatic carboxylic acids is 1. The highest BCUT2D eigenvalue weighted by atomic mass is 32.1. The molecular weight excluding hydrogens is 458 g/mol. The molecule has 0 amide bonds. The minimum Gasteiger partial charge on any atom is -0.478 e. The lowest BCUT2D eigenvalue weighted by atomic mass is 9.96. The van der Waals surface area contributed by atoms with Crippen molar-refractivity contribution in [3.05, 3.63) is 113 Å². The normalized spacial score (nSPS) is 17.4. The van der Waals surface area contributed by atoms with Crippen molar-refractivity contribution < 1.29 is 9.90 Å². The zero-order valence-electron chi connectivity index (χ0n) is 19.4. The van der Waals surface area contributed by atoms with E-state index in [1.54, 1.807) is 24.5 Å². The van der Waals surface area contributed by atoms with Gasteiger partial charge in [0.1, 0.15) is 0 Å². The number of carboxylic acid groups (broad SMARTS) is 1. The second-order valence-electron chi connectivity index (χ2n) is 8.63. The fourth-order valence-corrected chi connectivity index (χ4v) is 5.15.